The highest BCUT2D eigenvalue weighted by atomic mass is 32.1. The third-order valence-electron chi connectivity index (χ3n) is 6.56. The minimum Gasteiger partial charge on any atom is -0.490 e. The number of nitrogens with two attached hydrogens (primary N) is 1. The number of nitrogens with one attached hydrogen (secondary N) is 1. The van der Waals surface area contributed by atoms with Crippen LogP contribution in [-0.4, -0.2) is 41.2 Å². The van der Waals surface area contributed by atoms with Crippen molar-refractivity contribution in [3.63, 3.8) is 0 Å². The molecule has 0 bridgehead atoms. The van der Waals surface area contributed by atoms with Crippen LogP contribution < -0.4 is 15.8 Å². The molecule has 7 nitrogen and oxygen atoms in total. The van der Waals surface area contributed by atoms with Crippen LogP contribution in [0.3, 0.4) is 0 Å². The number of rotatable bonds is 5. The Balaban J connectivity index is 1.37. The molecule has 180 valence electrons. The number of hydrogen-bond donors (Lipinski definition) is 2. The van der Waals surface area contributed by atoms with E-state index in [1.54, 1.807) is 11.3 Å². The summed E-state index contributed by atoms with van der Waals surface area (Å²) >= 11 is 1.61. The summed E-state index contributed by atoms with van der Waals surface area (Å²) in [6.07, 6.45) is 4.55. The maximum Gasteiger partial charge on any atom is 0.317 e. The number of carbonyl (C=O) groups excluding carboxylic acids is 1. The predicted octanol–water partition coefficient (Wildman–Crippen LogP) is 4.87. The van der Waals surface area contributed by atoms with E-state index in [9.17, 15) is 10.1 Å². The van der Waals surface area contributed by atoms with Gasteiger partial charge in [-0.3, -0.25) is 0 Å². The fourth-order valence-corrected chi connectivity index (χ4v) is 5.85. The van der Waals surface area contributed by atoms with Gasteiger partial charge in [-0.1, -0.05) is 18.2 Å². The standard InChI is InChI=1S/C27H29N5O2S/c1-16(2)34-24-9-6-17(12-18(24)13-28)26-30-14-25(35-26)22-5-3-4-21-20(22)7-8-23(21)31-27(33)32-11-10-19(29)15-32/h3-6,9,12,14,16,19,23H,7-8,10-11,15,29H2,1-2H3,(H,31,33). The molecule has 2 aromatic carbocycles. The zero-order valence-corrected chi connectivity index (χ0v) is 20.8. The summed E-state index contributed by atoms with van der Waals surface area (Å²) in [5, 5.41) is 13.7. The van der Waals surface area contributed by atoms with E-state index in [2.05, 4.69) is 34.6 Å². The Labute approximate surface area is 209 Å². The molecule has 0 radical (unpaired) electrons. The van der Waals surface area contributed by atoms with Crippen molar-refractivity contribution in [3.05, 3.63) is 59.3 Å². The van der Waals surface area contributed by atoms with Gasteiger partial charge in [0.2, 0.25) is 0 Å². The van der Waals surface area contributed by atoms with Gasteiger partial charge in [0, 0.05) is 30.9 Å². The Kier molecular flexibility index (Phi) is 6.46. The molecule has 1 fully saturated rings. The molecule has 35 heavy (non-hydrogen) atoms. The fourth-order valence-electron chi connectivity index (χ4n) is 4.89. The zero-order chi connectivity index (χ0) is 24.5. The number of aromatic nitrogens is 1. The number of thiazole rings is 1. The number of amides is 2. The van der Waals surface area contributed by atoms with Crippen LogP contribution in [0.1, 0.15) is 49.4 Å². The van der Waals surface area contributed by atoms with E-state index in [-0.39, 0.29) is 24.2 Å². The maximum absolute atomic E-state index is 12.7. The first-order valence-corrected chi connectivity index (χ1v) is 12.8. The number of nitrogens with zero attached hydrogens (tertiary/aromatic N) is 3. The molecule has 2 atom stereocenters. The summed E-state index contributed by atoms with van der Waals surface area (Å²) in [5.74, 6) is 0.591. The first-order chi connectivity index (χ1) is 16.9. The molecule has 2 aliphatic rings. The second-order valence-corrected chi connectivity index (χ2v) is 10.5. The Morgan fingerprint density at radius 1 is 1.31 bits per heavy atom. The minimum atomic E-state index is -0.0283. The van der Waals surface area contributed by atoms with Gasteiger partial charge in [-0.15, -0.1) is 11.3 Å². The van der Waals surface area contributed by atoms with Gasteiger partial charge in [0.15, 0.2) is 0 Å². The fraction of sp³-hybridized carbons (Fsp3) is 0.370. The van der Waals surface area contributed by atoms with Crippen molar-refractivity contribution in [2.45, 2.75) is 51.3 Å². The van der Waals surface area contributed by atoms with Gasteiger partial charge in [-0.2, -0.15) is 5.26 Å². The smallest absolute Gasteiger partial charge is 0.317 e. The van der Waals surface area contributed by atoms with Gasteiger partial charge >= 0.3 is 6.03 Å². The van der Waals surface area contributed by atoms with Crippen molar-refractivity contribution in [2.75, 3.05) is 13.1 Å². The Morgan fingerprint density at radius 3 is 2.91 bits per heavy atom. The molecule has 3 aromatic rings. The van der Waals surface area contributed by atoms with Gasteiger partial charge in [-0.25, -0.2) is 9.78 Å². The largest absolute Gasteiger partial charge is 0.490 e. The van der Waals surface area contributed by atoms with Gasteiger partial charge in [0.1, 0.15) is 16.8 Å². The molecule has 2 unspecified atom stereocenters. The molecule has 2 amide bonds. The van der Waals surface area contributed by atoms with Gasteiger partial charge in [-0.05, 0) is 68.0 Å². The average Bonchev–Trinajstić information content (AvgIpc) is 3.59. The van der Waals surface area contributed by atoms with E-state index in [0.717, 1.165) is 40.3 Å². The van der Waals surface area contributed by atoms with E-state index in [0.29, 0.717) is 24.4 Å². The van der Waals surface area contributed by atoms with Crippen LogP contribution in [0.25, 0.3) is 21.0 Å². The van der Waals surface area contributed by atoms with E-state index < -0.39 is 0 Å². The number of nitriles is 1. The summed E-state index contributed by atoms with van der Waals surface area (Å²) in [7, 11) is 0. The topological polar surface area (TPSA) is 104 Å². The predicted molar refractivity (Wildman–Crippen MR) is 137 cm³/mol. The Hall–Kier alpha value is -3.41. The minimum absolute atomic E-state index is 0.00105. The second kappa shape index (κ2) is 9.68. The molecule has 0 saturated carbocycles. The lowest BCUT2D eigenvalue weighted by Gasteiger charge is -2.21. The van der Waals surface area contributed by atoms with Gasteiger partial charge in [0.25, 0.3) is 0 Å². The second-order valence-electron chi connectivity index (χ2n) is 9.43. The van der Waals surface area contributed by atoms with E-state index in [1.165, 1.54) is 11.1 Å². The highest BCUT2D eigenvalue weighted by Gasteiger charge is 2.30. The number of likely N-dealkylation sites (tertiary alicyclic amines) is 1. The number of urea groups is 1. The molecule has 2 heterocycles. The van der Waals surface area contributed by atoms with Crippen molar-refractivity contribution in [3.8, 4) is 32.8 Å². The van der Waals surface area contributed by atoms with Crippen molar-refractivity contribution in [1.29, 1.82) is 5.26 Å². The molecule has 1 saturated heterocycles. The molecule has 8 heteroatoms. The van der Waals surface area contributed by atoms with Crippen LogP contribution in [0.15, 0.2) is 42.6 Å². The number of fused-ring (bicyclic) bond motifs is 1. The average molecular weight is 488 g/mol. The van der Waals surface area contributed by atoms with Crippen molar-refractivity contribution < 1.29 is 9.53 Å². The van der Waals surface area contributed by atoms with Crippen LogP contribution in [0.4, 0.5) is 4.79 Å². The Bertz CT molecular complexity index is 1290. The van der Waals surface area contributed by atoms with Crippen LogP contribution in [0, 0.1) is 11.3 Å². The van der Waals surface area contributed by atoms with Crippen LogP contribution in [-0.2, 0) is 6.42 Å². The van der Waals surface area contributed by atoms with Crippen molar-refractivity contribution in [2.24, 2.45) is 5.73 Å². The molecular formula is C27H29N5O2S. The summed E-state index contributed by atoms with van der Waals surface area (Å²) < 4.78 is 5.75. The number of hydrogen-bond acceptors (Lipinski definition) is 6. The third kappa shape index (κ3) is 4.75. The van der Waals surface area contributed by atoms with Crippen LogP contribution >= 0.6 is 11.3 Å². The molecule has 3 N–H and O–H groups in total. The van der Waals surface area contributed by atoms with E-state index >= 15 is 0 Å². The maximum atomic E-state index is 12.7. The monoisotopic (exact) mass is 487 g/mol. The molecule has 1 aromatic heterocycles. The normalized spacial score (nSPS) is 19.0. The highest BCUT2D eigenvalue weighted by molar-refractivity contribution is 7.18. The highest BCUT2D eigenvalue weighted by Crippen LogP contribution is 2.41. The number of carbonyl (C=O) groups is 1. The Morgan fingerprint density at radius 2 is 2.17 bits per heavy atom. The lowest BCUT2D eigenvalue weighted by Crippen LogP contribution is -2.41. The first kappa shape index (κ1) is 23.3. The van der Waals surface area contributed by atoms with Crippen LogP contribution in [0.2, 0.25) is 0 Å². The van der Waals surface area contributed by atoms with Crippen molar-refractivity contribution >= 4 is 17.4 Å². The number of benzene rings is 2. The lowest BCUT2D eigenvalue weighted by atomic mass is 10.0. The summed E-state index contributed by atoms with van der Waals surface area (Å²) in [6, 6.07) is 14.2. The van der Waals surface area contributed by atoms with Crippen molar-refractivity contribution in [1.82, 2.24) is 15.2 Å². The number of ether oxygens (including phenoxy) is 1. The van der Waals surface area contributed by atoms with E-state index in [4.69, 9.17) is 10.5 Å². The quantitative estimate of drug-likeness (QED) is 0.534. The summed E-state index contributed by atoms with van der Waals surface area (Å²) in [6.45, 7) is 5.22. The first-order valence-electron chi connectivity index (χ1n) is 12.0. The zero-order valence-electron chi connectivity index (χ0n) is 20.0. The molecular weight excluding hydrogens is 458 g/mol. The molecule has 0 spiro atoms. The SMILES string of the molecule is CC(C)Oc1ccc(-c2ncc(-c3cccc4c3CCC4NC(=O)N3CCC(N)C3)s2)cc1C#N. The molecule has 1 aliphatic carbocycles. The van der Waals surface area contributed by atoms with Crippen LogP contribution in [0.5, 0.6) is 5.75 Å². The third-order valence-corrected chi connectivity index (χ3v) is 7.64. The molecule has 1 aliphatic heterocycles. The summed E-state index contributed by atoms with van der Waals surface area (Å²) in [5.41, 5.74) is 11.0. The summed E-state index contributed by atoms with van der Waals surface area (Å²) in [4.78, 5) is 20.3. The lowest BCUT2D eigenvalue weighted by molar-refractivity contribution is 0.204. The molecule has 5 rings (SSSR count). The van der Waals surface area contributed by atoms with Gasteiger partial charge < -0.3 is 20.7 Å². The van der Waals surface area contributed by atoms with E-state index in [1.807, 2.05) is 43.1 Å². The van der Waals surface area contributed by atoms with Gasteiger partial charge in [0.05, 0.1) is 22.6 Å².